The SMILES string of the molecule is CC(Nc1ccc(NC(C)N2CCOC2c2ccc[nH]2)c2c1C(=O)c1c(NC(C)N3CCOC3c3ccc[nH]3)ccc(NC(C)N3CCOC3c3ccc[nH]3)c1C2=O)N1CCOC1c1ccc[nH]1. The molecule has 8 N–H and O–H groups in total. The first-order valence-corrected chi connectivity index (χ1v) is 23.8. The quantitative estimate of drug-likeness (QED) is 0.0497. The molecule has 8 unspecified atom stereocenters. The van der Waals surface area contributed by atoms with Crippen LogP contribution >= 0.6 is 0 Å². The average Bonchev–Trinajstić information content (AvgIpc) is 4.19. The third-order valence-electron chi connectivity index (χ3n) is 14.0. The number of anilines is 4. The van der Waals surface area contributed by atoms with Crippen LogP contribution in [0.25, 0.3) is 0 Å². The van der Waals surface area contributed by atoms with Gasteiger partial charge in [0.2, 0.25) is 0 Å². The molecule has 4 aromatic heterocycles. The molecule has 6 aromatic rings. The van der Waals surface area contributed by atoms with E-state index in [1.807, 2.05) is 97.6 Å². The number of hydrogen-bond donors (Lipinski definition) is 8. The smallest absolute Gasteiger partial charge is 0.198 e. The number of carbonyl (C=O) groups is 2. The number of nitrogens with one attached hydrogen (secondary N) is 8. The van der Waals surface area contributed by atoms with Crippen LogP contribution in [0.5, 0.6) is 0 Å². The van der Waals surface area contributed by atoms with Gasteiger partial charge in [0.05, 0.1) is 96.1 Å². The molecule has 0 spiro atoms. The van der Waals surface area contributed by atoms with Crippen molar-refractivity contribution in [2.75, 3.05) is 73.9 Å². The van der Waals surface area contributed by atoms with Crippen molar-refractivity contribution in [3.63, 3.8) is 0 Å². The second-order valence-corrected chi connectivity index (χ2v) is 18.1. The van der Waals surface area contributed by atoms with Crippen molar-refractivity contribution in [2.24, 2.45) is 0 Å². The summed E-state index contributed by atoms with van der Waals surface area (Å²) in [4.78, 5) is 54.0. The molecule has 68 heavy (non-hydrogen) atoms. The molecule has 0 radical (unpaired) electrons. The maximum absolute atomic E-state index is 16.0. The molecular weight excluding hydrogens is 865 g/mol. The van der Waals surface area contributed by atoms with Crippen LogP contribution in [0.2, 0.25) is 0 Å². The summed E-state index contributed by atoms with van der Waals surface area (Å²) in [6.45, 7) is 13.1. The fourth-order valence-corrected chi connectivity index (χ4v) is 10.7. The van der Waals surface area contributed by atoms with Gasteiger partial charge in [0.1, 0.15) is 0 Å². The Bertz CT molecular complexity index is 2330. The number of aromatic amines is 4. The van der Waals surface area contributed by atoms with Gasteiger partial charge in [-0.15, -0.1) is 0 Å². The number of H-pyrrole nitrogens is 4. The molecule has 2 aromatic carbocycles. The molecular formula is C50H60N12O6. The zero-order chi connectivity index (χ0) is 46.5. The lowest BCUT2D eigenvalue weighted by molar-refractivity contribution is 0.0166. The summed E-state index contributed by atoms with van der Waals surface area (Å²) in [5.41, 5.74) is 7.17. The molecule has 18 heteroatoms. The van der Waals surface area contributed by atoms with Gasteiger partial charge in [-0.2, -0.15) is 0 Å². The fourth-order valence-electron chi connectivity index (χ4n) is 10.7. The Kier molecular flexibility index (Phi) is 12.2. The summed E-state index contributed by atoms with van der Waals surface area (Å²) in [5.74, 6) is -0.544. The van der Waals surface area contributed by atoms with Gasteiger partial charge in [-0.3, -0.25) is 29.2 Å². The summed E-state index contributed by atoms with van der Waals surface area (Å²) in [6.07, 6.45) is 5.15. The lowest BCUT2D eigenvalue weighted by Crippen LogP contribution is -2.41. The van der Waals surface area contributed by atoms with E-state index in [1.54, 1.807) is 0 Å². The van der Waals surface area contributed by atoms with Gasteiger partial charge in [0.15, 0.2) is 36.5 Å². The highest BCUT2D eigenvalue weighted by Gasteiger charge is 2.42. The molecule has 1 aliphatic carbocycles. The Hall–Kier alpha value is -6.22. The second kappa shape index (κ2) is 18.7. The predicted molar refractivity (Wildman–Crippen MR) is 257 cm³/mol. The Morgan fingerprint density at radius 1 is 0.412 bits per heavy atom. The van der Waals surface area contributed by atoms with Gasteiger partial charge in [0, 0.05) is 73.7 Å². The van der Waals surface area contributed by atoms with Crippen molar-refractivity contribution in [3.05, 3.63) is 143 Å². The zero-order valence-electron chi connectivity index (χ0n) is 38.8. The molecule has 4 aliphatic heterocycles. The number of ketones is 2. The number of nitrogens with zero attached hydrogens (tertiary/aromatic N) is 4. The first-order chi connectivity index (χ1) is 33.2. The number of carbonyl (C=O) groups excluding carboxylic acids is 2. The van der Waals surface area contributed by atoms with Crippen molar-refractivity contribution in [1.29, 1.82) is 0 Å². The molecule has 0 amide bonds. The van der Waals surface area contributed by atoms with Crippen molar-refractivity contribution >= 4 is 34.3 Å². The molecule has 11 rings (SSSR count). The van der Waals surface area contributed by atoms with Crippen LogP contribution in [-0.2, 0) is 18.9 Å². The summed E-state index contributed by atoms with van der Waals surface area (Å²) in [7, 11) is 0. The zero-order valence-corrected chi connectivity index (χ0v) is 38.8. The standard InChI is InChI=1S/C50H60N12O6/c1-29(59-21-25-65-47(59)37-9-5-17-51-37)55-33-13-14-34(56-30(2)60-22-26-66-48(60)38-10-6-18-52-38)42-41(33)45(63)43-35(57-31(3)61-23-27-67-49(61)39-11-7-19-53-39)15-16-36(44(43)46(42)64)58-32(4)62-24-28-68-50(62)40-12-8-20-54-40/h5-20,29-32,47-58H,21-28H2,1-4H3. The van der Waals surface area contributed by atoms with Crippen LogP contribution in [0.4, 0.5) is 22.7 Å². The van der Waals surface area contributed by atoms with Crippen molar-refractivity contribution in [2.45, 2.75) is 77.3 Å². The Morgan fingerprint density at radius 3 is 0.853 bits per heavy atom. The number of ether oxygens (including phenoxy) is 4. The fraction of sp³-hybridized carbons (Fsp3) is 0.400. The number of aromatic nitrogens is 4. The molecule has 8 atom stereocenters. The van der Waals surface area contributed by atoms with E-state index in [9.17, 15) is 0 Å². The van der Waals surface area contributed by atoms with Gasteiger partial charge in [-0.25, -0.2) is 0 Å². The van der Waals surface area contributed by atoms with E-state index in [1.165, 1.54) is 0 Å². The van der Waals surface area contributed by atoms with E-state index in [0.29, 0.717) is 97.6 Å². The van der Waals surface area contributed by atoms with Crippen molar-refractivity contribution < 1.29 is 28.5 Å². The Morgan fingerprint density at radius 2 is 0.647 bits per heavy atom. The van der Waals surface area contributed by atoms with Crippen LogP contribution in [0.3, 0.4) is 0 Å². The van der Waals surface area contributed by atoms with Crippen molar-refractivity contribution in [1.82, 2.24) is 39.5 Å². The average molecular weight is 925 g/mol. The maximum atomic E-state index is 16.0. The van der Waals surface area contributed by atoms with Gasteiger partial charge < -0.3 is 60.2 Å². The predicted octanol–water partition coefficient (Wildman–Crippen LogP) is 6.93. The monoisotopic (exact) mass is 924 g/mol. The summed E-state index contributed by atoms with van der Waals surface area (Å²) >= 11 is 0. The number of hydrogen-bond acceptors (Lipinski definition) is 14. The van der Waals surface area contributed by atoms with Gasteiger partial charge in [-0.05, 0) is 100 Å². The van der Waals surface area contributed by atoms with E-state index in [0.717, 1.165) is 22.8 Å². The summed E-state index contributed by atoms with van der Waals surface area (Å²) < 4.78 is 24.8. The third-order valence-corrected chi connectivity index (χ3v) is 14.0. The first kappa shape index (κ1) is 44.3. The third kappa shape index (κ3) is 8.09. The highest BCUT2D eigenvalue weighted by molar-refractivity contribution is 6.35. The second-order valence-electron chi connectivity index (χ2n) is 18.1. The van der Waals surface area contributed by atoms with Crippen LogP contribution in [0, 0.1) is 0 Å². The Labute approximate surface area is 395 Å². The van der Waals surface area contributed by atoms with Gasteiger partial charge in [0.25, 0.3) is 0 Å². The molecule has 0 bridgehead atoms. The van der Waals surface area contributed by atoms with Crippen LogP contribution in [0.15, 0.2) is 97.6 Å². The Balaban J connectivity index is 0.998. The number of benzene rings is 2. The van der Waals surface area contributed by atoms with E-state index in [2.05, 4.69) is 88.5 Å². The van der Waals surface area contributed by atoms with Crippen LogP contribution in [0.1, 0.15) is 107 Å². The lowest BCUT2D eigenvalue weighted by atomic mass is 9.80. The molecule has 0 saturated carbocycles. The first-order valence-electron chi connectivity index (χ1n) is 23.8. The lowest BCUT2D eigenvalue weighted by Gasteiger charge is -2.35. The minimum absolute atomic E-state index is 0.272. The summed E-state index contributed by atoms with van der Waals surface area (Å²) in [5, 5.41) is 14.7. The highest BCUT2D eigenvalue weighted by Crippen LogP contribution is 2.44. The van der Waals surface area contributed by atoms with Crippen LogP contribution in [-0.4, -0.2) is 128 Å². The molecule has 4 fully saturated rings. The van der Waals surface area contributed by atoms with E-state index in [-0.39, 0.29) is 61.1 Å². The minimum Gasteiger partial charge on any atom is -0.369 e. The molecule has 5 aliphatic rings. The van der Waals surface area contributed by atoms with Gasteiger partial charge >= 0.3 is 0 Å². The molecule has 18 nitrogen and oxygen atoms in total. The molecule has 356 valence electrons. The largest absolute Gasteiger partial charge is 0.369 e. The normalized spacial score (nSPS) is 24.2. The maximum Gasteiger partial charge on any atom is 0.198 e. The summed E-state index contributed by atoms with van der Waals surface area (Å²) in [6, 6.07) is 23.5. The van der Waals surface area contributed by atoms with Crippen molar-refractivity contribution in [3.8, 4) is 0 Å². The molecule has 8 heterocycles. The minimum atomic E-state index is -0.312. The van der Waals surface area contributed by atoms with E-state index in [4.69, 9.17) is 18.9 Å². The van der Waals surface area contributed by atoms with Crippen LogP contribution < -0.4 is 21.3 Å². The number of rotatable bonds is 16. The van der Waals surface area contributed by atoms with E-state index >= 15 is 9.59 Å². The highest BCUT2D eigenvalue weighted by atomic mass is 16.5. The molecule has 4 saturated heterocycles. The van der Waals surface area contributed by atoms with Gasteiger partial charge in [-0.1, -0.05) is 0 Å². The van der Waals surface area contributed by atoms with E-state index < -0.39 is 0 Å². The topological polar surface area (TPSA) is 195 Å². The number of fused-ring (bicyclic) bond motifs is 2.